The van der Waals surface area contributed by atoms with Crippen LogP contribution in [0.4, 0.5) is 0 Å². The summed E-state index contributed by atoms with van der Waals surface area (Å²) < 4.78 is 18.2. The first-order valence-corrected chi connectivity index (χ1v) is 7.08. The first-order chi connectivity index (χ1) is 7.19. The van der Waals surface area contributed by atoms with Crippen LogP contribution in [0.5, 0.6) is 0 Å². The van der Waals surface area contributed by atoms with Crippen molar-refractivity contribution < 1.29 is 23.5 Å². The standard InChI is InChI=1S/C8H15Cl2O5P/c1-4-6(3)15-7(11)8(9,10)16(12,13)14-5-2/h6H,4-5H2,1-3H3,(H,12,13). The first-order valence-electron chi connectivity index (χ1n) is 4.75. The maximum absolute atomic E-state index is 11.5. The molecule has 16 heavy (non-hydrogen) atoms. The van der Waals surface area contributed by atoms with E-state index in [4.69, 9.17) is 27.9 Å². The monoisotopic (exact) mass is 292 g/mol. The van der Waals surface area contributed by atoms with Gasteiger partial charge in [-0.25, -0.2) is 4.79 Å². The van der Waals surface area contributed by atoms with Gasteiger partial charge < -0.3 is 14.2 Å². The highest BCUT2D eigenvalue weighted by molar-refractivity contribution is 7.60. The maximum atomic E-state index is 11.5. The highest BCUT2D eigenvalue weighted by Crippen LogP contribution is 2.60. The summed E-state index contributed by atoms with van der Waals surface area (Å²) >= 11 is 11.0. The summed E-state index contributed by atoms with van der Waals surface area (Å²) in [7, 11) is -4.46. The van der Waals surface area contributed by atoms with Gasteiger partial charge in [-0.05, 0) is 20.3 Å². The van der Waals surface area contributed by atoms with Gasteiger partial charge in [-0.15, -0.1) is 0 Å². The van der Waals surface area contributed by atoms with E-state index in [0.29, 0.717) is 6.42 Å². The molecule has 5 nitrogen and oxygen atoms in total. The summed E-state index contributed by atoms with van der Waals surface area (Å²) in [5.74, 6) is -1.18. The quantitative estimate of drug-likeness (QED) is 0.463. The molecule has 0 rings (SSSR count). The van der Waals surface area contributed by atoms with E-state index in [-0.39, 0.29) is 6.61 Å². The van der Waals surface area contributed by atoms with E-state index < -0.39 is 23.7 Å². The van der Waals surface area contributed by atoms with Crippen LogP contribution in [0.1, 0.15) is 27.2 Å². The average Bonchev–Trinajstić information content (AvgIpc) is 2.16. The Labute approximate surface area is 105 Å². The van der Waals surface area contributed by atoms with E-state index >= 15 is 0 Å². The lowest BCUT2D eigenvalue weighted by Crippen LogP contribution is -2.31. The zero-order chi connectivity index (χ0) is 13.0. The highest BCUT2D eigenvalue weighted by Gasteiger charge is 2.54. The largest absolute Gasteiger partial charge is 0.460 e. The van der Waals surface area contributed by atoms with Crippen LogP contribution in [0, 0.1) is 0 Å². The molecule has 96 valence electrons. The van der Waals surface area contributed by atoms with E-state index in [9.17, 15) is 14.3 Å². The van der Waals surface area contributed by atoms with Crippen LogP contribution in [0.15, 0.2) is 0 Å². The fourth-order valence-corrected chi connectivity index (χ4v) is 1.89. The van der Waals surface area contributed by atoms with Gasteiger partial charge in [0.1, 0.15) is 0 Å². The van der Waals surface area contributed by atoms with Crippen LogP contribution >= 0.6 is 30.8 Å². The van der Waals surface area contributed by atoms with Gasteiger partial charge in [0.2, 0.25) is 0 Å². The molecular formula is C8H15Cl2O5P. The smallest absolute Gasteiger partial charge is 0.375 e. The minimum atomic E-state index is -4.46. The Kier molecular flexibility index (Phi) is 6.30. The second-order valence-corrected chi connectivity index (χ2v) is 6.93. The first kappa shape index (κ1) is 16.2. The molecule has 0 aromatic carbocycles. The number of halogens is 2. The van der Waals surface area contributed by atoms with Gasteiger partial charge in [-0.3, -0.25) is 4.57 Å². The number of alkyl halides is 2. The molecule has 0 bridgehead atoms. The van der Waals surface area contributed by atoms with Crippen LogP contribution < -0.4 is 0 Å². The van der Waals surface area contributed by atoms with Crippen LogP contribution in [-0.4, -0.2) is 27.6 Å². The third-order valence-electron chi connectivity index (χ3n) is 1.79. The van der Waals surface area contributed by atoms with Gasteiger partial charge in [0.15, 0.2) is 0 Å². The van der Waals surface area contributed by atoms with Gasteiger partial charge in [-0.1, -0.05) is 30.1 Å². The minimum Gasteiger partial charge on any atom is -0.460 e. The van der Waals surface area contributed by atoms with Crippen molar-refractivity contribution in [1.29, 1.82) is 0 Å². The van der Waals surface area contributed by atoms with Gasteiger partial charge in [0.05, 0.1) is 12.7 Å². The van der Waals surface area contributed by atoms with Crippen LogP contribution in [0.25, 0.3) is 0 Å². The second-order valence-electron chi connectivity index (χ2n) is 3.10. The van der Waals surface area contributed by atoms with Gasteiger partial charge in [-0.2, -0.15) is 0 Å². The normalized spacial score (nSPS) is 17.6. The Balaban J connectivity index is 4.77. The van der Waals surface area contributed by atoms with Crippen molar-refractivity contribution in [3.8, 4) is 0 Å². The third kappa shape index (κ3) is 3.90. The summed E-state index contributed by atoms with van der Waals surface area (Å²) in [5, 5.41) is 0. The molecule has 0 amide bonds. The molecule has 0 aliphatic carbocycles. The lowest BCUT2D eigenvalue weighted by molar-refractivity contribution is -0.147. The number of ether oxygens (including phenoxy) is 1. The second kappa shape index (κ2) is 6.22. The van der Waals surface area contributed by atoms with Crippen molar-refractivity contribution in [2.24, 2.45) is 0 Å². The lowest BCUT2D eigenvalue weighted by Gasteiger charge is -2.24. The van der Waals surface area contributed by atoms with Crippen molar-refractivity contribution in [1.82, 2.24) is 0 Å². The van der Waals surface area contributed by atoms with E-state index in [1.807, 2.05) is 0 Å². The maximum Gasteiger partial charge on any atom is 0.375 e. The molecule has 0 saturated heterocycles. The molecule has 0 fully saturated rings. The van der Waals surface area contributed by atoms with Crippen molar-refractivity contribution in [2.75, 3.05) is 6.61 Å². The van der Waals surface area contributed by atoms with Gasteiger partial charge in [0, 0.05) is 0 Å². The van der Waals surface area contributed by atoms with E-state index in [1.165, 1.54) is 6.92 Å². The lowest BCUT2D eigenvalue weighted by atomic mass is 10.3. The molecule has 0 radical (unpaired) electrons. The Morgan fingerprint density at radius 2 is 2.00 bits per heavy atom. The van der Waals surface area contributed by atoms with Crippen LogP contribution in [0.3, 0.4) is 0 Å². The van der Waals surface area contributed by atoms with E-state index in [1.54, 1.807) is 13.8 Å². The summed E-state index contributed by atoms with van der Waals surface area (Å²) in [6.07, 6.45) is 0.103. The molecule has 0 heterocycles. The predicted octanol–water partition coefficient (Wildman–Crippen LogP) is 2.68. The Bertz CT molecular complexity index is 294. The van der Waals surface area contributed by atoms with Crippen LogP contribution in [-0.2, 0) is 18.6 Å². The van der Waals surface area contributed by atoms with Crippen molar-refractivity contribution in [3.63, 3.8) is 0 Å². The third-order valence-corrected chi connectivity index (χ3v) is 4.88. The summed E-state index contributed by atoms with van der Waals surface area (Å²) in [6.45, 7) is 4.78. The Morgan fingerprint density at radius 3 is 2.38 bits per heavy atom. The summed E-state index contributed by atoms with van der Waals surface area (Å²) in [6, 6.07) is 0. The average molecular weight is 293 g/mol. The van der Waals surface area contributed by atoms with E-state index in [0.717, 1.165) is 0 Å². The zero-order valence-corrected chi connectivity index (χ0v) is 11.7. The van der Waals surface area contributed by atoms with Gasteiger partial charge >= 0.3 is 17.6 Å². The zero-order valence-electron chi connectivity index (χ0n) is 9.27. The molecule has 0 aromatic heterocycles. The van der Waals surface area contributed by atoms with E-state index in [2.05, 4.69) is 4.52 Å². The molecule has 0 aromatic rings. The van der Waals surface area contributed by atoms with Gasteiger partial charge in [0.25, 0.3) is 0 Å². The molecule has 2 atom stereocenters. The number of esters is 1. The highest BCUT2D eigenvalue weighted by atomic mass is 35.5. The fraction of sp³-hybridized carbons (Fsp3) is 0.875. The number of carbonyl (C=O) groups excluding carboxylic acids is 1. The number of hydrogen-bond acceptors (Lipinski definition) is 4. The number of carbonyl (C=O) groups is 1. The molecule has 0 aliphatic heterocycles. The molecule has 0 aliphatic rings. The molecule has 8 heteroatoms. The summed E-state index contributed by atoms with van der Waals surface area (Å²) in [4.78, 5) is 20.8. The van der Waals surface area contributed by atoms with Crippen LogP contribution in [0.2, 0.25) is 0 Å². The molecule has 1 N–H and O–H groups in total. The van der Waals surface area contributed by atoms with Crippen molar-refractivity contribution in [2.45, 2.75) is 37.4 Å². The predicted molar refractivity (Wildman–Crippen MR) is 61.7 cm³/mol. The number of rotatable bonds is 6. The van der Waals surface area contributed by atoms with Crippen molar-refractivity contribution in [3.05, 3.63) is 0 Å². The molecule has 0 spiro atoms. The van der Waals surface area contributed by atoms with Crippen molar-refractivity contribution >= 4 is 36.8 Å². The minimum absolute atomic E-state index is 0.0917. The fourth-order valence-electron chi connectivity index (χ4n) is 0.708. The molecule has 2 unspecified atom stereocenters. The Morgan fingerprint density at radius 1 is 1.50 bits per heavy atom. The molecule has 0 saturated carbocycles. The Hall–Kier alpha value is 0.200. The summed E-state index contributed by atoms with van der Waals surface area (Å²) in [5.41, 5.74) is 0. The number of hydrogen-bond donors (Lipinski definition) is 1. The topological polar surface area (TPSA) is 72.8 Å². The molecular weight excluding hydrogens is 278 g/mol. The SMILES string of the molecule is CCOP(=O)(O)C(Cl)(Cl)C(=O)OC(C)CC.